The van der Waals surface area contributed by atoms with Gasteiger partial charge in [-0.1, -0.05) is 30.3 Å². The zero-order valence-electron chi connectivity index (χ0n) is 17.5. The number of primary amides is 2. The molecule has 10 nitrogen and oxygen atoms in total. The zero-order valence-corrected chi connectivity index (χ0v) is 17.5. The Hall–Kier alpha value is -5.12. The van der Waals surface area contributed by atoms with Gasteiger partial charge in [0.1, 0.15) is 0 Å². The number of hydrogen-bond acceptors (Lipinski definition) is 6. The Balaban J connectivity index is 1.83. The van der Waals surface area contributed by atoms with Crippen LogP contribution in [0.25, 0.3) is 0 Å². The molecule has 6 N–H and O–H groups in total. The van der Waals surface area contributed by atoms with Crippen LogP contribution in [0.4, 0.5) is 11.4 Å². The summed E-state index contributed by atoms with van der Waals surface area (Å²) in [5, 5.41) is 5.04. The maximum Gasteiger partial charge on any atom is 0.289 e. The van der Waals surface area contributed by atoms with Crippen molar-refractivity contribution in [1.29, 1.82) is 0 Å². The molecular formula is C24H18N4O6. The van der Waals surface area contributed by atoms with E-state index in [1.165, 1.54) is 60.7 Å². The Morgan fingerprint density at radius 3 is 1.29 bits per heavy atom. The summed E-state index contributed by atoms with van der Waals surface area (Å²) in [6, 6.07) is 17.3. The van der Waals surface area contributed by atoms with Crippen LogP contribution in [-0.4, -0.2) is 35.2 Å². The number of ketones is 2. The van der Waals surface area contributed by atoms with Crippen LogP contribution in [0.3, 0.4) is 0 Å². The number of benzene rings is 3. The fourth-order valence-electron chi connectivity index (χ4n) is 3.04. The zero-order chi connectivity index (χ0) is 24.8. The summed E-state index contributed by atoms with van der Waals surface area (Å²) in [7, 11) is 0. The third kappa shape index (κ3) is 5.19. The van der Waals surface area contributed by atoms with Crippen LogP contribution in [0.15, 0.2) is 72.8 Å². The van der Waals surface area contributed by atoms with E-state index in [0.717, 1.165) is 0 Å². The van der Waals surface area contributed by atoms with E-state index in [2.05, 4.69) is 10.6 Å². The van der Waals surface area contributed by atoms with Gasteiger partial charge in [0, 0.05) is 11.1 Å². The number of hydrogen-bond donors (Lipinski definition) is 4. The van der Waals surface area contributed by atoms with E-state index in [1.807, 2.05) is 0 Å². The number of anilines is 2. The van der Waals surface area contributed by atoms with Crippen molar-refractivity contribution in [1.82, 2.24) is 0 Å². The van der Waals surface area contributed by atoms with E-state index in [9.17, 15) is 28.8 Å². The highest BCUT2D eigenvalue weighted by Gasteiger charge is 2.20. The fraction of sp³-hybridized carbons (Fsp3) is 0. The Labute approximate surface area is 192 Å². The molecule has 0 aliphatic rings. The number of Topliss-reactive ketones (excluding diaryl/α,β-unsaturated/α-hetero) is 2. The third-order valence-electron chi connectivity index (χ3n) is 4.67. The van der Waals surface area contributed by atoms with Gasteiger partial charge in [0.15, 0.2) is 0 Å². The van der Waals surface area contributed by atoms with Gasteiger partial charge in [0.2, 0.25) is 0 Å². The van der Waals surface area contributed by atoms with Crippen molar-refractivity contribution in [3.8, 4) is 0 Å². The van der Waals surface area contributed by atoms with Crippen molar-refractivity contribution in [3.05, 3.63) is 95.1 Å². The number of carbonyl (C=O) groups excluding carboxylic acids is 6. The molecule has 170 valence electrons. The average molecular weight is 458 g/mol. The molecule has 0 aliphatic heterocycles. The maximum atomic E-state index is 12.7. The van der Waals surface area contributed by atoms with Gasteiger partial charge >= 0.3 is 0 Å². The van der Waals surface area contributed by atoms with Crippen molar-refractivity contribution >= 4 is 46.6 Å². The minimum atomic E-state index is -1.17. The molecule has 0 saturated heterocycles. The predicted octanol–water partition coefficient (Wildman–Crippen LogP) is 1.53. The number of nitrogens with one attached hydrogen (secondary N) is 2. The summed E-state index contributed by atoms with van der Waals surface area (Å²) < 4.78 is 0. The second-order valence-electron chi connectivity index (χ2n) is 6.97. The topological polar surface area (TPSA) is 179 Å². The number of rotatable bonds is 8. The van der Waals surface area contributed by atoms with Crippen molar-refractivity contribution in [2.24, 2.45) is 11.5 Å². The van der Waals surface area contributed by atoms with Crippen LogP contribution in [0.2, 0.25) is 0 Å². The molecule has 3 rings (SSSR count). The van der Waals surface area contributed by atoms with Gasteiger partial charge in [-0.3, -0.25) is 28.8 Å². The van der Waals surface area contributed by atoms with Crippen molar-refractivity contribution in [2.45, 2.75) is 0 Å². The molecule has 0 atom stereocenters. The van der Waals surface area contributed by atoms with Crippen LogP contribution in [0.5, 0.6) is 0 Å². The minimum absolute atomic E-state index is 0.0741. The Bertz CT molecular complexity index is 1250. The maximum absolute atomic E-state index is 12.7. The van der Waals surface area contributed by atoms with Crippen molar-refractivity contribution < 1.29 is 28.8 Å². The highest BCUT2D eigenvalue weighted by atomic mass is 16.2. The van der Waals surface area contributed by atoms with Gasteiger partial charge in [0.25, 0.3) is 35.2 Å². The largest absolute Gasteiger partial charge is 0.363 e. The molecule has 0 heterocycles. The van der Waals surface area contributed by atoms with E-state index in [1.54, 1.807) is 12.1 Å². The third-order valence-corrected chi connectivity index (χ3v) is 4.67. The SMILES string of the molecule is NC(=O)C(=O)c1ccccc1NC(=O)c1cccc(C(=O)Nc2ccccc2C(=O)C(N)=O)c1. The van der Waals surface area contributed by atoms with Crippen LogP contribution in [0.1, 0.15) is 41.4 Å². The molecule has 0 bridgehead atoms. The molecule has 4 amide bonds. The quantitative estimate of drug-likeness (QED) is 0.293. The Morgan fingerprint density at radius 2 is 0.912 bits per heavy atom. The van der Waals surface area contributed by atoms with E-state index < -0.39 is 35.2 Å². The number of amides is 4. The first-order valence-electron chi connectivity index (χ1n) is 9.78. The highest BCUT2D eigenvalue weighted by Crippen LogP contribution is 2.19. The van der Waals surface area contributed by atoms with Gasteiger partial charge in [0.05, 0.1) is 22.5 Å². The molecule has 3 aromatic carbocycles. The molecule has 3 aromatic rings. The molecular weight excluding hydrogens is 440 g/mol. The van der Waals surface area contributed by atoms with Crippen molar-refractivity contribution in [3.63, 3.8) is 0 Å². The number of carbonyl (C=O) groups is 6. The summed E-state index contributed by atoms with van der Waals surface area (Å²) in [6.07, 6.45) is 0. The second kappa shape index (κ2) is 10.0. The number of nitrogens with two attached hydrogens (primary N) is 2. The van der Waals surface area contributed by atoms with Crippen molar-refractivity contribution in [2.75, 3.05) is 10.6 Å². The molecule has 10 heteroatoms. The summed E-state index contributed by atoms with van der Waals surface area (Å²) in [5.74, 6) is -5.57. The lowest BCUT2D eigenvalue weighted by Gasteiger charge is -2.11. The summed E-state index contributed by atoms with van der Waals surface area (Å²) in [4.78, 5) is 72.0. The summed E-state index contributed by atoms with van der Waals surface area (Å²) in [5.41, 5.74) is 10.3. The number of para-hydroxylation sites is 2. The summed E-state index contributed by atoms with van der Waals surface area (Å²) in [6.45, 7) is 0. The first-order valence-corrected chi connectivity index (χ1v) is 9.78. The van der Waals surface area contributed by atoms with Gasteiger partial charge in [-0.2, -0.15) is 0 Å². The molecule has 0 saturated carbocycles. The molecule has 0 fully saturated rings. The van der Waals surface area contributed by atoms with Crippen LogP contribution < -0.4 is 22.1 Å². The van der Waals surface area contributed by atoms with E-state index in [0.29, 0.717) is 0 Å². The lowest BCUT2D eigenvalue weighted by atomic mass is 10.1. The minimum Gasteiger partial charge on any atom is -0.363 e. The molecule has 0 aliphatic carbocycles. The molecule has 0 radical (unpaired) electrons. The smallest absolute Gasteiger partial charge is 0.289 e. The van der Waals surface area contributed by atoms with Crippen LogP contribution in [0, 0.1) is 0 Å². The monoisotopic (exact) mass is 458 g/mol. The van der Waals surface area contributed by atoms with Gasteiger partial charge < -0.3 is 22.1 Å². The van der Waals surface area contributed by atoms with Gasteiger partial charge in [-0.15, -0.1) is 0 Å². The fourth-order valence-corrected chi connectivity index (χ4v) is 3.04. The normalized spacial score (nSPS) is 10.1. The Morgan fingerprint density at radius 1 is 0.529 bits per heavy atom. The van der Waals surface area contributed by atoms with E-state index in [-0.39, 0.29) is 33.6 Å². The first-order chi connectivity index (χ1) is 16.2. The lowest BCUT2D eigenvalue weighted by molar-refractivity contribution is -0.114. The van der Waals surface area contributed by atoms with Gasteiger partial charge in [-0.05, 0) is 42.5 Å². The van der Waals surface area contributed by atoms with E-state index >= 15 is 0 Å². The predicted molar refractivity (Wildman–Crippen MR) is 122 cm³/mol. The molecule has 0 spiro atoms. The summed E-state index contributed by atoms with van der Waals surface area (Å²) >= 11 is 0. The molecule has 0 aromatic heterocycles. The second-order valence-corrected chi connectivity index (χ2v) is 6.97. The first kappa shape index (κ1) is 23.5. The highest BCUT2D eigenvalue weighted by molar-refractivity contribution is 6.44. The lowest BCUT2D eigenvalue weighted by Crippen LogP contribution is -2.25. The standard InChI is InChI=1S/C24H18N4O6/c25-21(31)19(29)15-8-1-3-10-17(15)27-23(33)13-6-5-7-14(12-13)24(34)28-18-11-4-2-9-16(18)20(30)22(26)32/h1-12H,(H2,25,31)(H2,26,32)(H,27,33)(H,28,34). The Kier molecular flexibility index (Phi) is 6.92. The van der Waals surface area contributed by atoms with Crippen LogP contribution in [-0.2, 0) is 9.59 Å². The van der Waals surface area contributed by atoms with Gasteiger partial charge in [-0.25, -0.2) is 0 Å². The average Bonchev–Trinajstić information content (AvgIpc) is 2.83. The van der Waals surface area contributed by atoms with E-state index in [4.69, 9.17) is 11.5 Å². The van der Waals surface area contributed by atoms with Crippen LogP contribution >= 0.6 is 0 Å². The molecule has 34 heavy (non-hydrogen) atoms. The molecule has 0 unspecified atom stereocenters.